The molecule has 1 unspecified atom stereocenters. The van der Waals surface area contributed by atoms with Crippen LogP contribution in [-0.4, -0.2) is 37.5 Å². The molecule has 11 heteroatoms. The Balaban J connectivity index is 1.70. The average Bonchev–Trinajstić information content (AvgIpc) is 3.42. The molecule has 5 rings (SSSR count). The first-order valence-corrected chi connectivity index (χ1v) is 11.5. The molecule has 0 saturated carbocycles. The van der Waals surface area contributed by atoms with Gasteiger partial charge in [-0.15, -0.1) is 0 Å². The molecule has 2 aliphatic heterocycles. The number of fused-ring (bicyclic) bond motifs is 2. The summed E-state index contributed by atoms with van der Waals surface area (Å²) in [6.45, 7) is -0.266. The summed E-state index contributed by atoms with van der Waals surface area (Å²) in [4.78, 5) is 40.4. The summed E-state index contributed by atoms with van der Waals surface area (Å²) < 4.78 is 22.5. The second kappa shape index (κ2) is 8.69. The lowest BCUT2D eigenvalue weighted by atomic mass is 9.90. The number of ether oxygens (including phenoxy) is 4. The lowest BCUT2D eigenvalue weighted by Crippen LogP contribution is -2.36. The van der Waals surface area contributed by atoms with Crippen LogP contribution in [0, 0.1) is 0 Å². The van der Waals surface area contributed by atoms with Crippen molar-refractivity contribution in [1.29, 1.82) is 0 Å². The number of amides is 1. The predicted molar refractivity (Wildman–Crippen MR) is 125 cm³/mol. The summed E-state index contributed by atoms with van der Waals surface area (Å²) >= 11 is 7.17. The van der Waals surface area contributed by atoms with Crippen molar-refractivity contribution in [1.82, 2.24) is 4.57 Å². The van der Waals surface area contributed by atoms with Crippen LogP contribution >= 0.6 is 22.9 Å². The molecule has 3 heterocycles. The number of esters is 1. The molecule has 9 nitrogen and oxygen atoms in total. The SMILES string of the molecule is COC(=O)Cn1c2c(sc1=O)C(c1cc(OC)c3c(c1)OCO3)CC(=O)N2c1cccc(Cl)c1. The number of halogens is 1. The van der Waals surface area contributed by atoms with Crippen LogP contribution in [0.4, 0.5) is 11.5 Å². The Morgan fingerprint density at radius 1 is 1.21 bits per heavy atom. The van der Waals surface area contributed by atoms with E-state index in [0.717, 1.165) is 16.9 Å². The highest BCUT2D eigenvalue weighted by atomic mass is 35.5. The number of methoxy groups -OCH3 is 2. The summed E-state index contributed by atoms with van der Waals surface area (Å²) in [6.07, 6.45) is 0.0838. The third-order valence-corrected chi connectivity index (χ3v) is 7.03. The third-order valence-electron chi connectivity index (χ3n) is 5.71. The van der Waals surface area contributed by atoms with Crippen LogP contribution in [-0.2, 0) is 20.9 Å². The molecule has 1 amide bonds. The van der Waals surface area contributed by atoms with Gasteiger partial charge in [0.2, 0.25) is 18.4 Å². The molecule has 0 aliphatic carbocycles. The topological polar surface area (TPSA) is 96.3 Å². The Bertz CT molecular complexity index is 1370. The van der Waals surface area contributed by atoms with E-state index in [1.165, 1.54) is 23.7 Å². The largest absolute Gasteiger partial charge is 0.493 e. The van der Waals surface area contributed by atoms with Gasteiger partial charge in [-0.1, -0.05) is 29.0 Å². The van der Waals surface area contributed by atoms with Crippen molar-refractivity contribution in [2.75, 3.05) is 25.9 Å². The van der Waals surface area contributed by atoms with Gasteiger partial charge in [-0.3, -0.25) is 23.9 Å². The molecule has 0 fully saturated rings. The Morgan fingerprint density at radius 3 is 2.76 bits per heavy atom. The predicted octanol–water partition coefficient (Wildman–Crippen LogP) is 3.67. The molecule has 0 radical (unpaired) electrons. The maximum atomic E-state index is 13.5. The highest BCUT2D eigenvalue weighted by Gasteiger charge is 2.39. The zero-order valence-electron chi connectivity index (χ0n) is 18.2. The number of rotatable bonds is 5. The van der Waals surface area contributed by atoms with Gasteiger partial charge in [0.1, 0.15) is 12.4 Å². The second-order valence-electron chi connectivity index (χ2n) is 7.64. The van der Waals surface area contributed by atoms with Crippen LogP contribution in [0.3, 0.4) is 0 Å². The monoisotopic (exact) mass is 502 g/mol. The number of thiazole rings is 1. The fourth-order valence-electron chi connectivity index (χ4n) is 4.18. The van der Waals surface area contributed by atoms with Crippen molar-refractivity contribution in [3.63, 3.8) is 0 Å². The van der Waals surface area contributed by atoms with Crippen molar-refractivity contribution in [2.24, 2.45) is 0 Å². The number of carbonyl (C=O) groups is 2. The number of carbonyl (C=O) groups excluding carboxylic acids is 2. The number of benzene rings is 2. The summed E-state index contributed by atoms with van der Waals surface area (Å²) in [7, 11) is 2.76. The van der Waals surface area contributed by atoms with E-state index >= 15 is 0 Å². The molecular weight excluding hydrogens is 484 g/mol. The Morgan fingerprint density at radius 2 is 2.03 bits per heavy atom. The lowest BCUT2D eigenvalue weighted by Gasteiger charge is -2.32. The molecule has 1 aromatic heterocycles. The average molecular weight is 503 g/mol. The minimum absolute atomic E-state index is 0.0649. The van der Waals surface area contributed by atoms with E-state index in [1.54, 1.807) is 36.4 Å². The molecule has 2 aliphatic rings. The van der Waals surface area contributed by atoms with Crippen LogP contribution in [0.25, 0.3) is 0 Å². The second-order valence-corrected chi connectivity index (χ2v) is 9.07. The maximum absolute atomic E-state index is 13.5. The van der Waals surface area contributed by atoms with E-state index in [9.17, 15) is 14.4 Å². The molecule has 0 bridgehead atoms. The first-order valence-electron chi connectivity index (χ1n) is 10.3. The number of aromatic nitrogens is 1. The summed E-state index contributed by atoms with van der Waals surface area (Å²) in [6, 6.07) is 10.3. The number of nitrogens with zero attached hydrogens (tertiary/aromatic N) is 2. The molecule has 34 heavy (non-hydrogen) atoms. The van der Waals surface area contributed by atoms with Gasteiger partial charge in [-0.2, -0.15) is 0 Å². The van der Waals surface area contributed by atoms with E-state index in [1.807, 2.05) is 0 Å². The van der Waals surface area contributed by atoms with Gasteiger partial charge in [-0.25, -0.2) is 0 Å². The minimum atomic E-state index is -0.604. The van der Waals surface area contributed by atoms with E-state index in [-0.39, 0.29) is 30.5 Å². The normalized spacial score (nSPS) is 16.4. The van der Waals surface area contributed by atoms with Crippen LogP contribution < -0.4 is 24.0 Å². The lowest BCUT2D eigenvalue weighted by molar-refractivity contribution is -0.141. The fraction of sp³-hybridized carbons (Fsp3) is 0.261. The van der Waals surface area contributed by atoms with Crippen molar-refractivity contribution < 1.29 is 28.5 Å². The quantitative estimate of drug-likeness (QED) is 0.491. The molecular formula is C23H19ClN2O7S. The molecule has 0 saturated heterocycles. The van der Waals surface area contributed by atoms with Crippen molar-refractivity contribution >= 4 is 46.3 Å². The third kappa shape index (κ3) is 3.68. The number of hydrogen-bond donors (Lipinski definition) is 0. The summed E-state index contributed by atoms with van der Waals surface area (Å²) in [5.41, 5.74) is 1.23. The van der Waals surface area contributed by atoms with Crippen molar-refractivity contribution in [3.05, 3.63) is 61.5 Å². The van der Waals surface area contributed by atoms with Gasteiger partial charge in [0.15, 0.2) is 11.5 Å². The van der Waals surface area contributed by atoms with Gasteiger partial charge >= 0.3 is 10.8 Å². The fourth-order valence-corrected chi connectivity index (χ4v) is 5.47. The smallest absolute Gasteiger partial charge is 0.325 e. The number of hydrogen-bond acceptors (Lipinski definition) is 8. The maximum Gasteiger partial charge on any atom is 0.325 e. The van der Waals surface area contributed by atoms with Gasteiger partial charge in [0.25, 0.3) is 0 Å². The molecule has 0 N–H and O–H groups in total. The van der Waals surface area contributed by atoms with Crippen LogP contribution in [0.1, 0.15) is 22.8 Å². The van der Waals surface area contributed by atoms with Gasteiger partial charge < -0.3 is 18.9 Å². The minimum Gasteiger partial charge on any atom is -0.493 e. The van der Waals surface area contributed by atoms with Gasteiger partial charge in [-0.05, 0) is 35.9 Å². The zero-order valence-corrected chi connectivity index (χ0v) is 19.8. The van der Waals surface area contributed by atoms with E-state index in [0.29, 0.717) is 38.7 Å². The van der Waals surface area contributed by atoms with E-state index in [4.69, 9.17) is 30.5 Å². The summed E-state index contributed by atoms with van der Waals surface area (Å²) in [5, 5.41) is 0.437. The van der Waals surface area contributed by atoms with Crippen LogP contribution in [0.5, 0.6) is 17.2 Å². The zero-order chi connectivity index (χ0) is 24.0. The van der Waals surface area contributed by atoms with Gasteiger partial charge in [0, 0.05) is 17.4 Å². The molecule has 176 valence electrons. The molecule has 3 aromatic rings. The standard InChI is InChI=1S/C23H19ClN2O7S/c1-30-16-6-12(7-17-20(16)33-11-32-17)15-9-18(27)26(14-5-3-4-13(24)8-14)22-21(15)34-23(29)25(22)10-19(28)31-2/h3-8,15H,9-11H2,1-2H3. The molecule has 1 atom stereocenters. The molecule has 0 spiro atoms. The number of anilines is 2. The highest BCUT2D eigenvalue weighted by Crippen LogP contribution is 2.49. The summed E-state index contributed by atoms with van der Waals surface area (Å²) in [5.74, 6) is 0.463. The highest BCUT2D eigenvalue weighted by molar-refractivity contribution is 7.10. The van der Waals surface area contributed by atoms with Crippen LogP contribution in [0.2, 0.25) is 5.02 Å². The van der Waals surface area contributed by atoms with Crippen LogP contribution in [0.15, 0.2) is 41.2 Å². The Hall–Kier alpha value is -3.50. The van der Waals surface area contributed by atoms with Gasteiger partial charge in [0.05, 0.1) is 24.8 Å². The first-order chi connectivity index (χ1) is 16.4. The van der Waals surface area contributed by atoms with E-state index in [2.05, 4.69) is 0 Å². The first kappa shape index (κ1) is 22.3. The van der Waals surface area contributed by atoms with Crippen molar-refractivity contribution in [2.45, 2.75) is 18.9 Å². The van der Waals surface area contributed by atoms with E-state index < -0.39 is 11.9 Å². The Labute approximate surface area is 203 Å². The van der Waals surface area contributed by atoms with Crippen molar-refractivity contribution in [3.8, 4) is 17.2 Å². The Kier molecular flexibility index (Phi) is 5.70. The molecule has 2 aromatic carbocycles.